The predicted octanol–water partition coefficient (Wildman–Crippen LogP) is 1.35. The largest absolute Gasteiger partial charge is 0.397 e. The van der Waals surface area contributed by atoms with Gasteiger partial charge in [0.1, 0.15) is 4.90 Å². The van der Waals surface area contributed by atoms with Crippen LogP contribution in [0.3, 0.4) is 0 Å². The summed E-state index contributed by atoms with van der Waals surface area (Å²) < 4.78 is 26.7. The molecule has 0 amide bonds. The summed E-state index contributed by atoms with van der Waals surface area (Å²) in [6, 6.07) is 3.35. The minimum atomic E-state index is -3.73. The van der Waals surface area contributed by atoms with E-state index >= 15 is 0 Å². The molecule has 1 unspecified atom stereocenters. The number of non-ortho nitro benzene ring substituents is 1. The number of benzene rings is 1. The molecule has 1 heterocycles. The maximum absolute atomic E-state index is 12.1. The minimum absolute atomic E-state index is 0.119. The van der Waals surface area contributed by atoms with Crippen molar-refractivity contribution in [2.75, 3.05) is 18.0 Å². The molecular formula is C11H15N3O4S2. The van der Waals surface area contributed by atoms with Gasteiger partial charge in [0, 0.05) is 23.9 Å². The van der Waals surface area contributed by atoms with Gasteiger partial charge in [-0.25, -0.2) is 13.1 Å². The Balaban J connectivity index is 2.14. The van der Waals surface area contributed by atoms with Crippen molar-refractivity contribution in [3.05, 3.63) is 28.3 Å². The normalized spacial score (nSPS) is 19.1. The average Bonchev–Trinajstić information content (AvgIpc) is 2.89. The Morgan fingerprint density at radius 3 is 2.80 bits per heavy atom. The molecule has 0 saturated carbocycles. The summed E-state index contributed by atoms with van der Waals surface area (Å²) in [6.07, 6.45) is 2.08. The molecule has 1 aromatic carbocycles. The van der Waals surface area contributed by atoms with E-state index in [0.29, 0.717) is 6.54 Å². The number of sulfonamides is 1. The number of nitrogens with one attached hydrogen (secondary N) is 1. The third-order valence-corrected chi connectivity index (χ3v) is 5.91. The molecule has 3 N–H and O–H groups in total. The number of thioether (sulfide) groups is 1. The van der Waals surface area contributed by atoms with Gasteiger partial charge in [-0.15, -0.1) is 0 Å². The van der Waals surface area contributed by atoms with E-state index in [-0.39, 0.29) is 21.5 Å². The van der Waals surface area contributed by atoms with Crippen LogP contribution in [0.15, 0.2) is 23.1 Å². The second kappa shape index (κ2) is 5.98. The van der Waals surface area contributed by atoms with Crippen LogP contribution < -0.4 is 10.5 Å². The summed E-state index contributed by atoms with van der Waals surface area (Å²) in [6.45, 7) is 0.351. The zero-order chi connectivity index (χ0) is 14.8. The lowest BCUT2D eigenvalue weighted by atomic mass is 10.2. The molecule has 1 aromatic rings. The SMILES string of the molecule is Nc1cc([N+](=O)[O-])ccc1S(=O)(=O)NCC1CCCS1. The van der Waals surface area contributed by atoms with Crippen LogP contribution in [0.25, 0.3) is 0 Å². The van der Waals surface area contributed by atoms with E-state index in [1.165, 1.54) is 0 Å². The van der Waals surface area contributed by atoms with Crippen molar-refractivity contribution < 1.29 is 13.3 Å². The molecule has 9 heteroatoms. The Morgan fingerprint density at radius 1 is 1.50 bits per heavy atom. The van der Waals surface area contributed by atoms with Gasteiger partial charge in [0.05, 0.1) is 10.6 Å². The van der Waals surface area contributed by atoms with Crippen LogP contribution in [-0.4, -0.2) is 30.9 Å². The molecule has 1 atom stereocenters. The maximum atomic E-state index is 12.1. The molecule has 1 aliphatic heterocycles. The lowest BCUT2D eigenvalue weighted by molar-refractivity contribution is -0.384. The molecule has 0 aromatic heterocycles. The van der Waals surface area contributed by atoms with Crippen LogP contribution in [0.4, 0.5) is 11.4 Å². The molecule has 0 radical (unpaired) electrons. The Kier molecular flexibility index (Phi) is 4.51. The van der Waals surface area contributed by atoms with Gasteiger partial charge in [0.25, 0.3) is 5.69 Å². The third-order valence-electron chi connectivity index (χ3n) is 3.02. The number of hydrogen-bond donors (Lipinski definition) is 2. The first-order valence-electron chi connectivity index (χ1n) is 6.05. The van der Waals surface area contributed by atoms with Crippen molar-refractivity contribution in [3.8, 4) is 0 Å². The molecule has 0 aliphatic carbocycles. The molecule has 2 rings (SSSR count). The summed E-state index contributed by atoms with van der Waals surface area (Å²) in [7, 11) is -3.73. The standard InChI is InChI=1S/C11H15N3O4S2/c12-10-6-8(14(15)16)3-4-11(10)20(17,18)13-7-9-2-1-5-19-9/h3-4,6,9,13H,1-2,5,7,12H2. The minimum Gasteiger partial charge on any atom is -0.397 e. The molecule has 7 nitrogen and oxygen atoms in total. The molecule has 110 valence electrons. The van der Waals surface area contributed by atoms with E-state index in [2.05, 4.69) is 4.72 Å². The Hall–Kier alpha value is -1.32. The molecule has 1 fully saturated rings. The quantitative estimate of drug-likeness (QED) is 0.481. The van der Waals surface area contributed by atoms with Gasteiger partial charge < -0.3 is 5.73 Å². The highest BCUT2D eigenvalue weighted by molar-refractivity contribution is 8.00. The van der Waals surface area contributed by atoms with E-state index in [9.17, 15) is 18.5 Å². The van der Waals surface area contributed by atoms with E-state index in [4.69, 9.17) is 5.73 Å². The number of nitrogens with two attached hydrogens (primary N) is 1. The fraction of sp³-hybridized carbons (Fsp3) is 0.455. The predicted molar refractivity (Wildman–Crippen MR) is 78.2 cm³/mol. The van der Waals surface area contributed by atoms with Crippen molar-refractivity contribution in [2.24, 2.45) is 0 Å². The van der Waals surface area contributed by atoms with Crippen LogP contribution in [0, 0.1) is 10.1 Å². The van der Waals surface area contributed by atoms with E-state index < -0.39 is 14.9 Å². The Morgan fingerprint density at radius 2 is 2.25 bits per heavy atom. The van der Waals surface area contributed by atoms with Crippen molar-refractivity contribution >= 4 is 33.2 Å². The van der Waals surface area contributed by atoms with Gasteiger partial charge in [-0.3, -0.25) is 10.1 Å². The topological polar surface area (TPSA) is 115 Å². The van der Waals surface area contributed by atoms with Crippen LogP contribution >= 0.6 is 11.8 Å². The number of nitrogens with zero attached hydrogens (tertiary/aromatic N) is 1. The highest BCUT2D eigenvalue weighted by Crippen LogP contribution is 2.27. The van der Waals surface area contributed by atoms with Crippen molar-refractivity contribution in [2.45, 2.75) is 23.0 Å². The first-order chi connectivity index (χ1) is 9.40. The summed E-state index contributed by atoms with van der Waals surface area (Å²) in [5.74, 6) is 1.05. The molecular weight excluding hydrogens is 302 g/mol. The maximum Gasteiger partial charge on any atom is 0.271 e. The van der Waals surface area contributed by atoms with Gasteiger partial charge in [0.2, 0.25) is 10.0 Å². The fourth-order valence-corrected chi connectivity index (χ4v) is 4.48. The summed E-state index contributed by atoms with van der Waals surface area (Å²) in [5, 5.41) is 10.9. The average molecular weight is 317 g/mol. The molecule has 1 aliphatic rings. The van der Waals surface area contributed by atoms with Crippen LogP contribution in [-0.2, 0) is 10.0 Å². The number of anilines is 1. The highest BCUT2D eigenvalue weighted by atomic mass is 32.2. The number of nitrogen functional groups attached to an aromatic ring is 1. The molecule has 20 heavy (non-hydrogen) atoms. The summed E-state index contributed by atoms with van der Waals surface area (Å²) >= 11 is 1.74. The zero-order valence-electron chi connectivity index (χ0n) is 10.6. The van der Waals surface area contributed by atoms with Gasteiger partial charge in [0.15, 0.2) is 0 Å². The van der Waals surface area contributed by atoms with Gasteiger partial charge >= 0.3 is 0 Å². The highest BCUT2D eigenvalue weighted by Gasteiger charge is 2.23. The van der Waals surface area contributed by atoms with Gasteiger partial charge in [-0.05, 0) is 24.7 Å². The van der Waals surface area contributed by atoms with Crippen LogP contribution in [0.5, 0.6) is 0 Å². The Bertz CT molecular complexity index is 612. The molecule has 1 saturated heterocycles. The second-order valence-electron chi connectivity index (χ2n) is 4.47. The number of nitro benzene ring substituents is 1. The fourth-order valence-electron chi connectivity index (χ4n) is 1.98. The lowest BCUT2D eigenvalue weighted by Gasteiger charge is -2.12. The first-order valence-corrected chi connectivity index (χ1v) is 8.58. The summed E-state index contributed by atoms with van der Waals surface area (Å²) in [4.78, 5) is 9.86. The van der Waals surface area contributed by atoms with Crippen molar-refractivity contribution in [3.63, 3.8) is 0 Å². The van der Waals surface area contributed by atoms with E-state index in [1.807, 2.05) is 0 Å². The van der Waals surface area contributed by atoms with E-state index in [0.717, 1.165) is 36.8 Å². The van der Waals surface area contributed by atoms with Gasteiger partial charge in [-0.2, -0.15) is 11.8 Å². The summed E-state index contributed by atoms with van der Waals surface area (Å²) in [5.41, 5.74) is 5.25. The Labute approximate surface area is 121 Å². The lowest BCUT2D eigenvalue weighted by Crippen LogP contribution is -2.30. The zero-order valence-corrected chi connectivity index (χ0v) is 12.2. The smallest absolute Gasteiger partial charge is 0.271 e. The third kappa shape index (κ3) is 3.41. The number of hydrogen-bond acceptors (Lipinski definition) is 6. The van der Waals surface area contributed by atoms with E-state index in [1.54, 1.807) is 11.8 Å². The first kappa shape index (κ1) is 15.1. The number of rotatable bonds is 5. The van der Waals surface area contributed by atoms with Gasteiger partial charge in [-0.1, -0.05) is 0 Å². The molecule has 0 bridgehead atoms. The van der Waals surface area contributed by atoms with Crippen LogP contribution in [0.1, 0.15) is 12.8 Å². The van der Waals surface area contributed by atoms with Crippen molar-refractivity contribution in [1.82, 2.24) is 4.72 Å². The molecule has 0 spiro atoms. The second-order valence-corrected chi connectivity index (χ2v) is 7.61. The van der Waals surface area contributed by atoms with Crippen LogP contribution in [0.2, 0.25) is 0 Å². The number of nitro groups is 1. The van der Waals surface area contributed by atoms with Crippen molar-refractivity contribution in [1.29, 1.82) is 0 Å². The monoisotopic (exact) mass is 317 g/mol.